The zero-order valence-corrected chi connectivity index (χ0v) is 9.77. The summed E-state index contributed by atoms with van der Waals surface area (Å²) in [5.41, 5.74) is 8.02. The maximum absolute atomic E-state index is 5.51. The smallest absolute Gasteiger partial charge is 0.227 e. The van der Waals surface area contributed by atoms with E-state index < -0.39 is 0 Å². The predicted octanol–water partition coefficient (Wildman–Crippen LogP) is 2.12. The number of aromatic nitrogens is 2. The SMILES string of the molecule is COc1ccc(Nc2ncc(N)cn2)cc1C. The summed E-state index contributed by atoms with van der Waals surface area (Å²) >= 11 is 0. The van der Waals surface area contributed by atoms with Crippen molar-refractivity contribution < 1.29 is 4.74 Å². The molecule has 2 rings (SSSR count). The first-order valence-corrected chi connectivity index (χ1v) is 5.18. The third-order valence-corrected chi connectivity index (χ3v) is 2.32. The van der Waals surface area contributed by atoms with E-state index in [-0.39, 0.29) is 0 Å². The van der Waals surface area contributed by atoms with Crippen molar-refractivity contribution in [3.05, 3.63) is 36.2 Å². The van der Waals surface area contributed by atoms with Gasteiger partial charge in [0, 0.05) is 5.69 Å². The maximum Gasteiger partial charge on any atom is 0.227 e. The Hall–Kier alpha value is -2.30. The number of nitrogens with two attached hydrogens (primary N) is 1. The summed E-state index contributed by atoms with van der Waals surface area (Å²) < 4.78 is 5.19. The molecular formula is C12H14N4O. The van der Waals surface area contributed by atoms with E-state index >= 15 is 0 Å². The van der Waals surface area contributed by atoms with Crippen molar-refractivity contribution in [3.8, 4) is 5.75 Å². The van der Waals surface area contributed by atoms with Crippen molar-refractivity contribution in [2.45, 2.75) is 6.92 Å². The first-order valence-electron chi connectivity index (χ1n) is 5.18. The van der Waals surface area contributed by atoms with Crippen LogP contribution >= 0.6 is 0 Å². The fourth-order valence-electron chi connectivity index (χ4n) is 1.49. The summed E-state index contributed by atoms with van der Waals surface area (Å²) in [6, 6.07) is 5.78. The van der Waals surface area contributed by atoms with E-state index in [1.807, 2.05) is 25.1 Å². The molecule has 1 aromatic carbocycles. The van der Waals surface area contributed by atoms with Gasteiger partial charge in [-0.2, -0.15) is 0 Å². The molecule has 5 heteroatoms. The number of benzene rings is 1. The topological polar surface area (TPSA) is 73.1 Å². The molecule has 0 aliphatic rings. The Morgan fingerprint density at radius 1 is 1.24 bits per heavy atom. The van der Waals surface area contributed by atoms with E-state index in [1.54, 1.807) is 19.5 Å². The summed E-state index contributed by atoms with van der Waals surface area (Å²) in [5.74, 6) is 1.37. The second kappa shape index (κ2) is 4.69. The van der Waals surface area contributed by atoms with Crippen LogP contribution in [0.25, 0.3) is 0 Å². The minimum absolute atomic E-state index is 0.517. The van der Waals surface area contributed by atoms with Crippen molar-refractivity contribution in [3.63, 3.8) is 0 Å². The number of nitrogens with one attached hydrogen (secondary N) is 1. The quantitative estimate of drug-likeness (QED) is 0.844. The molecule has 0 saturated carbocycles. The van der Waals surface area contributed by atoms with Gasteiger partial charge in [-0.05, 0) is 30.7 Å². The second-order valence-electron chi connectivity index (χ2n) is 3.65. The standard InChI is InChI=1S/C12H14N4O/c1-8-5-10(3-4-11(8)17-2)16-12-14-6-9(13)7-15-12/h3-7H,13H2,1-2H3,(H,14,15,16). The fraction of sp³-hybridized carbons (Fsp3) is 0.167. The van der Waals surface area contributed by atoms with E-state index in [4.69, 9.17) is 10.5 Å². The minimum atomic E-state index is 0.517. The first-order chi connectivity index (χ1) is 8.19. The minimum Gasteiger partial charge on any atom is -0.496 e. The molecule has 17 heavy (non-hydrogen) atoms. The zero-order valence-electron chi connectivity index (χ0n) is 9.77. The summed E-state index contributed by atoms with van der Waals surface area (Å²) in [4.78, 5) is 8.13. The normalized spacial score (nSPS) is 10.0. The third kappa shape index (κ3) is 2.63. The van der Waals surface area contributed by atoms with Crippen LogP contribution in [-0.4, -0.2) is 17.1 Å². The lowest BCUT2D eigenvalue weighted by Gasteiger charge is -2.08. The largest absolute Gasteiger partial charge is 0.496 e. The Labute approximate surface area is 99.7 Å². The number of aryl methyl sites for hydroxylation is 1. The Balaban J connectivity index is 2.19. The van der Waals surface area contributed by atoms with Crippen LogP contribution in [0.2, 0.25) is 0 Å². The molecule has 0 fully saturated rings. The van der Waals surface area contributed by atoms with Crippen LogP contribution in [0.1, 0.15) is 5.56 Å². The highest BCUT2D eigenvalue weighted by Gasteiger charge is 2.01. The van der Waals surface area contributed by atoms with E-state index in [9.17, 15) is 0 Å². The van der Waals surface area contributed by atoms with Gasteiger partial charge in [-0.25, -0.2) is 9.97 Å². The van der Waals surface area contributed by atoms with Crippen LogP contribution in [0, 0.1) is 6.92 Å². The molecule has 0 saturated heterocycles. The van der Waals surface area contributed by atoms with Gasteiger partial charge in [-0.3, -0.25) is 0 Å². The molecular weight excluding hydrogens is 216 g/mol. The lowest BCUT2D eigenvalue weighted by atomic mass is 10.2. The summed E-state index contributed by atoms with van der Waals surface area (Å²) in [6.45, 7) is 1.98. The van der Waals surface area contributed by atoms with Crippen LogP contribution in [0.15, 0.2) is 30.6 Å². The van der Waals surface area contributed by atoms with E-state index in [0.717, 1.165) is 17.0 Å². The van der Waals surface area contributed by atoms with Gasteiger partial charge < -0.3 is 15.8 Å². The first kappa shape index (κ1) is 11.2. The van der Waals surface area contributed by atoms with E-state index in [2.05, 4.69) is 15.3 Å². The molecule has 5 nitrogen and oxygen atoms in total. The van der Waals surface area contributed by atoms with Gasteiger partial charge in [-0.15, -0.1) is 0 Å². The van der Waals surface area contributed by atoms with Crippen molar-refractivity contribution >= 4 is 17.3 Å². The Morgan fingerprint density at radius 3 is 2.53 bits per heavy atom. The van der Waals surface area contributed by atoms with Gasteiger partial charge in [0.1, 0.15) is 5.75 Å². The molecule has 0 atom stereocenters. The second-order valence-corrected chi connectivity index (χ2v) is 3.65. The number of ether oxygens (including phenoxy) is 1. The summed E-state index contributed by atoms with van der Waals surface area (Å²) in [6.07, 6.45) is 3.12. The number of hydrogen-bond acceptors (Lipinski definition) is 5. The lowest BCUT2D eigenvalue weighted by Crippen LogP contribution is -1.98. The third-order valence-electron chi connectivity index (χ3n) is 2.32. The monoisotopic (exact) mass is 230 g/mol. The molecule has 1 aromatic heterocycles. The van der Waals surface area contributed by atoms with Crippen LogP contribution in [0.5, 0.6) is 5.75 Å². The highest BCUT2D eigenvalue weighted by atomic mass is 16.5. The fourth-order valence-corrected chi connectivity index (χ4v) is 1.49. The average Bonchev–Trinajstić information content (AvgIpc) is 2.32. The summed E-state index contributed by atoms with van der Waals surface area (Å²) in [5, 5.41) is 3.09. The highest BCUT2D eigenvalue weighted by Crippen LogP contribution is 2.22. The molecule has 2 aromatic rings. The van der Waals surface area contributed by atoms with Gasteiger partial charge in [-0.1, -0.05) is 0 Å². The zero-order chi connectivity index (χ0) is 12.3. The molecule has 0 aliphatic heterocycles. The summed E-state index contributed by atoms with van der Waals surface area (Å²) in [7, 11) is 1.65. The molecule has 0 amide bonds. The molecule has 0 radical (unpaired) electrons. The van der Waals surface area contributed by atoms with Crippen LogP contribution < -0.4 is 15.8 Å². The molecule has 0 unspecified atom stereocenters. The Kier molecular flexibility index (Phi) is 3.09. The van der Waals surface area contributed by atoms with Crippen molar-refractivity contribution in [2.24, 2.45) is 0 Å². The number of hydrogen-bond donors (Lipinski definition) is 2. The van der Waals surface area contributed by atoms with Crippen LogP contribution in [-0.2, 0) is 0 Å². The van der Waals surface area contributed by atoms with Gasteiger partial charge in [0.25, 0.3) is 0 Å². The van der Waals surface area contributed by atoms with Crippen molar-refractivity contribution in [1.82, 2.24) is 9.97 Å². The van der Waals surface area contributed by atoms with Crippen LogP contribution in [0.4, 0.5) is 17.3 Å². The van der Waals surface area contributed by atoms with Crippen LogP contribution in [0.3, 0.4) is 0 Å². The van der Waals surface area contributed by atoms with Crippen molar-refractivity contribution in [2.75, 3.05) is 18.2 Å². The lowest BCUT2D eigenvalue weighted by molar-refractivity contribution is 0.412. The average molecular weight is 230 g/mol. The number of rotatable bonds is 3. The molecule has 0 bridgehead atoms. The van der Waals surface area contributed by atoms with Gasteiger partial charge >= 0.3 is 0 Å². The molecule has 3 N–H and O–H groups in total. The molecule has 0 aliphatic carbocycles. The van der Waals surface area contributed by atoms with E-state index in [0.29, 0.717) is 11.6 Å². The maximum atomic E-state index is 5.51. The number of anilines is 3. The molecule has 0 spiro atoms. The number of methoxy groups -OCH3 is 1. The van der Waals surface area contributed by atoms with E-state index in [1.165, 1.54) is 0 Å². The van der Waals surface area contributed by atoms with Gasteiger partial charge in [0.05, 0.1) is 25.2 Å². The predicted molar refractivity (Wildman–Crippen MR) is 67.5 cm³/mol. The number of nitrogen functional groups attached to an aromatic ring is 1. The highest BCUT2D eigenvalue weighted by molar-refractivity contribution is 5.57. The Bertz CT molecular complexity index is 510. The number of nitrogens with zero attached hydrogens (tertiary/aromatic N) is 2. The van der Waals surface area contributed by atoms with Crippen molar-refractivity contribution in [1.29, 1.82) is 0 Å². The molecule has 1 heterocycles. The molecule has 88 valence electrons. The van der Waals surface area contributed by atoms with Gasteiger partial charge in [0.2, 0.25) is 5.95 Å². The van der Waals surface area contributed by atoms with Gasteiger partial charge in [0.15, 0.2) is 0 Å². The Morgan fingerprint density at radius 2 is 1.94 bits per heavy atom.